The van der Waals surface area contributed by atoms with Crippen LogP contribution >= 0.6 is 0 Å². The van der Waals surface area contributed by atoms with Crippen LogP contribution in [-0.4, -0.2) is 43.5 Å². The number of nitrogens with zero attached hydrogens (tertiary/aromatic N) is 1. The summed E-state index contributed by atoms with van der Waals surface area (Å²) in [6.07, 6.45) is 3.94. The van der Waals surface area contributed by atoms with E-state index in [-0.39, 0.29) is 11.8 Å². The van der Waals surface area contributed by atoms with E-state index in [1.165, 1.54) is 6.42 Å². The lowest BCUT2D eigenvalue weighted by Crippen LogP contribution is -2.36. The van der Waals surface area contributed by atoms with Gasteiger partial charge in [-0.1, -0.05) is 13.3 Å². The summed E-state index contributed by atoms with van der Waals surface area (Å²) in [6, 6.07) is 5.23. The second-order valence-electron chi connectivity index (χ2n) is 5.70. The van der Waals surface area contributed by atoms with E-state index in [0.29, 0.717) is 30.1 Å². The lowest BCUT2D eigenvalue weighted by Gasteiger charge is -2.25. The Morgan fingerprint density at radius 3 is 2.52 bits per heavy atom. The van der Waals surface area contributed by atoms with Gasteiger partial charge in [0, 0.05) is 12.1 Å². The molecular weight excluding hydrogens is 294 g/mol. The smallest absolute Gasteiger partial charge is 0.238 e. The number of ether oxygens (including phenoxy) is 1. The van der Waals surface area contributed by atoms with Crippen molar-refractivity contribution in [3.05, 3.63) is 18.2 Å². The van der Waals surface area contributed by atoms with Gasteiger partial charge in [0.15, 0.2) is 0 Å². The molecule has 1 aliphatic rings. The molecule has 1 aliphatic heterocycles. The van der Waals surface area contributed by atoms with Gasteiger partial charge in [0.25, 0.3) is 0 Å². The molecule has 0 aromatic heterocycles. The highest BCUT2D eigenvalue weighted by molar-refractivity contribution is 5.96. The van der Waals surface area contributed by atoms with Crippen molar-refractivity contribution in [1.82, 2.24) is 4.90 Å². The summed E-state index contributed by atoms with van der Waals surface area (Å²) in [5, 5.41) is 5.67. The van der Waals surface area contributed by atoms with Crippen molar-refractivity contribution in [2.24, 2.45) is 0 Å². The maximum absolute atomic E-state index is 12.2. The van der Waals surface area contributed by atoms with E-state index in [9.17, 15) is 9.59 Å². The minimum atomic E-state index is -0.0971. The molecule has 0 atom stereocenters. The van der Waals surface area contributed by atoms with Gasteiger partial charge in [-0.2, -0.15) is 0 Å². The number of methoxy groups -OCH3 is 1. The molecule has 1 heterocycles. The van der Waals surface area contributed by atoms with Crippen molar-refractivity contribution >= 4 is 23.2 Å². The van der Waals surface area contributed by atoms with Crippen LogP contribution in [-0.2, 0) is 9.59 Å². The molecule has 0 radical (unpaired) electrons. The highest BCUT2D eigenvalue weighted by Gasteiger charge is 2.14. The van der Waals surface area contributed by atoms with Crippen LogP contribution < -0.4 is 15.4 Å². The maximum atomic E-state index is 12.2. The number of hydrogen-bond acceptors (Lipinski definition) is 4. The largest absolute Gasteiger partial charge is 0.495 e. The maximum Gasteiger partial charge on any atom is 0.238 e. The molecule has 1 saturated heterocycles. The molecule has 1 aromatic rings. The molecule has 6 heteroatoms. The molecule has 0 bridgehead atoms. The topological polar surface area (TPSA) is 70.7 Å². The van der Waals surface area contributed by atoms with Crippen molar-refractivity contribution in [1.29, 1.82) is 0 Å². The van der Waals surface area contributed by atoms with E-state index in [4.69, 9.17) is 4.74 Å². The van der Waals surface area contributed by atoms with Crippen LogP contribution in [0.25, 0.3) is 0 Å². The Bertz CT molecular complexity index is 554. The number of carbonyl (C=O) groups excluding carboxylic acids is 2. The van der Waals surface area contributed by atoms with E-state index in [0.717, 1.165) is 25.9 Å². The number of anilines is 2. The van der Waals surface area contributed by atoms with E-state index in [2.05, 4.69) is 15.5 Å². The SMILES string of the molecule is CCC(=O)Nc1cc(NC(=O)CN2CCCCC2)ccc1OC. The van der Waals surface area contributed by atoms with Crippen molar-refractivity contribution in [2.45, 2.75) is 32.6 Å². The van der Waals surface area contributed by atoms with Crippen molar-refractivity contribution in [3.8, 4) is 5.75 Å². The normalized spacial score (nSPS) is 15.0. The van der Waals surface area contributed by atoms with Gasteiger partial charge in [-0.05, 0) is 44.1 Å². The van der Waals surface area contributed by atoms with Crippen LogP contribution in [0, 0.1) is 0 Å². The summed E-state index contributed by atoms with van der Waals surface area (Å²) < 4.78 is 5.24. The number of rotatable bonds is 6. The lowest BCUT2D eigenvalue weighted by molar-refractivity contribution is -0.117. The first-order chi connectivity index (χ1) is 11.1. The number of likely N-dealkylation sites (tertiary alicyclic amines) is 1. The fraction of sp³-hybridized carbons (Fsp3) is 0.529. The summed E-state index contributed by atoms with van der Waals surface area (Å²) >= 11 is 0. The Morgan fingerprint density at radius 2 is 1.87 bits per heavy atom. The second kappa shape index (κ2) is 8.53. The summed E-state index contributed by atoms with van der Waals surface area (Å²) in [5.41, 5.74) is 1.22. The monoisotopic (exact) mass is 319 g/mol. The molecule has 2 N–H and O–H groups in total. The van der Waals surface area contributed by atoms with Gasteiger partial charge in [-0.3, -0.25) is 14.5 Å². The highest BCUT2D eigenvalue weighted by atomic mass is 16.5. The molecule has 126 valence electrons. The minimum absolute atomic E-state index is 0.0372. The average Bonchev–Trinajstić information content (AvgIpc) is 2.56. The Hall–Kier alpha value is -2.08. The first kappa shape index (κ1) is 17.3. The van der Waals surface area contributed by atoms with E-state index >= 15 is 0 Å². The van der Waals surface area contributed by atoms with Gasteiger partial charge in [0.2, 0.25) is 11.8 Å². The molecule has 0 unspecified atom stereocenters. The molecule has 0 aliphatic carbocycles. The minimum Gasteiger partial charge on any atom is -0.495 e. The number of hydrogen-bond donors (Lipinski definition) is 2. The number of amides is 2. The van der Waals surface area contributed by atoms with Crippen LogP contribution in [0.5, 0.6) is 5.75 Å². The third kappa shape index (κ3) is 5.25. The molecule has 1 aromatic carbocycles. The average molecular weight is 319 g/mol. The summed E-state index contributed by atoms with van der Waals surface area (Å²) in [6.45, 7) is 4.15. The molecular formula is C17H25N3O3. The second-order valence-corrected chi connectivity index (χ2v) is 5.70. The van der Waals surface area contributed by atoms with Crippen LogP contribution in [0.1, 0.15) is 32.6 Å². The van der Waals surface area contributed by atoms with Crippen molar-refractivity contribution in [2.75, 3.05) is 37.4 Å². The van der Waals surface area contributed by atoms with Crippen LogP contribution in [0.2, 0.25) is 0 Å². The van der Waals surface area contributed by atoms with E-state index in [1.807, 2.05) is 0 Å². The fourth-order valence-corrected chi connectivity index (χ4v) is 2.64. The Labute approximate surface area is 137 Å². The van der Waals surface area contributed by atoms with Gasteiger partial charge in [-0.15, -0.1) is 0 Å². The Balaban J connectivity index is 1.99. The standard InChI is InChI=1S/C17H25N3O3/c1-3-16(21)19-14-11-13(7-8-15(14)23-2)18-17(22)12-20-9-5-4-6-10-20/h7-8,11H,3-6,9-10,12H2,1-2H3,(H,18,22)(H,19,21). The van der Waals surface area contributed by atoms with Crippen molar-refractivity contribution in [3.63, 3.8) is 0 Å². The lowest BCUT2D eigenvalue weighted by atomic mass is 10.1. The third-order valence-corrected chi connectivity index (χ3v) is 3.89. The molecule has 2 amide bonds. The molecule has 23 heavy (non-hydrogen) atoms. The summed E-state index contributed by atoms with van der Waals surface area (Å²) in [4.78, 5) is 25.9. The van der Waals surface area contributed by atoms with Gasteiger partial charge in [0.1, 0.15) is 5.75 Å². The van der Waals surface area contributed by atoms with Crippen LogP contribution in [0.15, 0.2) is 18.2 Å². The van der Waals surface area contributed by atoms with Crippen molar-refractivity contribution < 1.29 is 14.3 Å². The quantitative estimate of drug-likeness (QED) is 0.845. The van der Waals surface area contributed by atoms with Gasteiger partial charge < -0.3 is 15.4 Å². The van der Waals surface area contributed by atoms with Gasteiger partial charge >= 0.3 is 0 Å². The van der Waals surface area contributed by atoms with Gasteiger partial charge in [-0.25, -0.2) is 0 Å². The van der Waals surface area contributed by atoms with Gasteiger partial charge in [0.05, 0.1) is 19.3 Å². The number of piperidine rings is 1. The number of nitrogens with one attached hydrogen (secondary N) is 2. The zero-order valence-electron chi connectivity index (χ0n) is 13.9. The van der Waals surface area contributed by atoms with E-state index < -0.39 is 0 Å². The molecule has 1 fully saturated rings. The number of carbonyl (C=O) groups is 2. The van der Waals surface area contributed by atoms with Crippen LogP contribution in [0.4, 0.5) is 11.4 Å². The number of benzene rings is 1. The zero-order valence-corrected chi connectivity index (χ0v) is 13.9. The fourth-order valence-electron chi connectivity index (χ4n) is 2.64. The highest BCUT2D eigenvalue weighted by Crippen LogP contribution is 2.28. The molecule has 0 saturated carbocycles. The zero-order chi connectivity index (χ0) is 16.7. The first-order valence-corrected chi connectivity index (χ1v) is 8.12. The Morgan fingerprint density at radius 1 is 1.13 bits per heavy atom. The molecule has 2 rings (SSSR count). The summed E-state index contributed by atoms with van der Waals surface area (Å²) in [7, 11) is 1.55. The predicted molar refractivity (Wildman–Crippen MR) is 90.8 cm³/mol. The predicted octanol–water partition coefficient (Wildman–Crippen LogP) is 2.47. The third-order valence-electron chi connectivity index (χ3n) is 3.89. The molecule has 6 nitrogen and oxygen atoms in total. The molecule has 0 spiro atoms. The van der Waals surface area contributed by atoms with Crippen LogP contribution in [0.3, 0.4) is 0 Å². The Kier molecular flexibility index (Phi) is 6.40. The first-order valence-electron chi connectivity index (χ1n) is 8.12. The van der Waals surface area contributed by atoms with E-state index in [1.54, 1.807) is 32.2 Å². The summed E-state index contributed by atoms with van der Waals surface area (Å²) in [5.74, 6) is 0.436.